The lowest BCUT2D eigenvalue weighted by Gasteiger charge is -2.44. The van der Waals surface area contributed by atoms with Gasteiger partial charge in [0.1, 0.15) is 18.5 Å². The Morgan fingerprint density at radius 2 is 1.74 bits per heavy atom. The number of nitrogens with one attached hydrogen (secondary N) is 3. The van der Waals surface area contributed by atoms with E-state index in [9.17, 15) is 23.1 Å². The average molecular weight is 654 g/mol. The van der Waals surface area contributed by atoms with Crippen LogP contribution in [0.5, 0.6) is 0 Å². The molecule has 4 aliphatic heterocycles. The Kier molecular flexibility index (Phi) is 9.42. The molecule has 2 aromatic rings. The highest BCUT2D eigenvalue weighted by molar-refractivity contribution is 5.88. The van der Waals surface area contributed by atoms with Crippen LogP contribution in [0, 0.1) is 5.92 Å². The number of fused-ring (bicyclic) bond motifs is 1. The summed E-state index contributed by atoms with van der Waals surface area (Å²) in [5, 5.41) is 17.1. The SMILES string of the molecule is COC1NCC(N2NNN=C2C(F)(F)F)C(OC)C1C[N+]1=CC2=CN(C(=O)CO)C=CN2C(C(c2ccccc2)c2ccccc2)=C1. The van der Waals surface area contributed by atoms with Crippen LogP contribution in [0.1, 0.15) is 17.0 Å². The van der Waals surface area contributed by atoms with Crippen LogP contribution in [-0.2, 0) is 14.3 Å². The molecule has 0 aliphatic carbocycles. The maximum absolute atomic E-state index is 13.9. The van der Waals surface area contributed by atoms with Gasteiger partial charge < -0.3 is 19.5 Å². The van der Waals surface area contributed by atoms with Gasteiger partial charge >= 0.3 is 6.18 Å². The number of amidine groups is 1. The van der Waals surface area contributed by atoms with E-state index >= 15 is 0 Å². The van der Waals surface area contributed by atoms with Crippen molar-refractivity contribution < 1.29 is 37.1 Å². The van der Waals surface area contributed by atoms with Crippen LogP contribution >= 0.6 is 0 Å². The van der Waals surface area contributed by atoms with Crippen molar-refractivity contribution >= 4 is 18.0 Å². The zero-order valence-electron chi connectivity index (χ0n) is 25.7. The number of aliphatic hydroxyl groups excluding tert-OH is 1. The van der Waals surface area contributed by atoms with E-state index in [0.717, 1.165) is 21.8 Å². The molecule has 6 rings (SSSR count). The maximum atomic E-state index is 13.9. The van der Waals surface area contributed by atoms with E-state index in [0.29, 0.717) is 5.70 Å². The topological polar surface area (TPSA) is 117 Å². The quantitative estimate of drug-likeness (QED) is 0.302. The van der Waals surface area contributed by atoms with Crippen molar-refractivity contribution in [2.45, 2.75) is 30.5 Å². The number of hydrazone groups is 1. The second kappa shape index (κ2) is 13.7. The van der Waals surface area contributed by atoms with Gasteiger partial charge in [-0.25, -0.2) is 10.1 Å². The van der Waals surface area contributed by atoms with Crippen LogP contribution in [0.25, 0.3) is 0 Å². The summed E-state index contributed by atoms with van der Waals surface area (Å²) < 4.78 is 55.2. The first-order valence-corrected chi connectivity index (χ1v) is 15.0. The molecular weight excluding hydrogens is 617 g/mol. The van der Waals surface area contributed by atoms with Crippen molar-refractivity contribution in [3.8, 4) is 0 Å². The number of carbonyl (C=O) groups is 1. The van der Waals surface area contributed by atoms with Gasteiger partial charge in [0.15, 0.2) is 19.0 Å². The van der Waals surface area contributed by atoms with Gasteiger partial charge in [0, 0.05) is 39.4 Å². The first-order valence-electron chi connectivity index (χ1n) is 15.0. The first-order chi connectivity index (χ1) is 22.7. The monoisotopic (exact) mass is 653 g/mol. The number of amides is 1. The smallest absolute Gasteiger partial charge is 0.387 e. The molecule has 4 N–H and O–H groups in total. The third-order valence-corrected chi connectivity index (χ3v) is 8.60. The van der Waals surface area contributed by atoms with E-state index < -0.39 is 48.8 Å². The molecule has 1 fully saturated rings. The van der Waals surface area contributed by atoms with Crippen LogP contribution < -0.4 is 16.4 Å². The maximum Gasteiger partial charge on any atom is 0.452 e. The molecule has 0 saturated carbocycles. The summed E-state index contributed by atoms with van der Waals surface area (Å²) in [5.41, 5.74) is 8.30. The second-order valence-electron chi connectivity index (χ2n) is 11.3. The number of hydrogen-bond acceptors (Lipinski definition) is 10. The Hall–Kier alpha value is -4.54. The minimum Gasteiger partial charge on any atom is -0.387 e. The number of rotatable bonds is 9. The van der Waals surface area contributed by atoms with E-state index in [1.54, 1.807) is 18.6 Å². The molecule has 0 spiro atoms. The molecule has 1 saturated heterocycles. The van der Waals surface area contributed by atoms with Crippen LogP contribution in [0.3, 0.4) is 0 Å². The number of piperidine rings is 1. The van der Waals surface area contributed by atoms with E-state index in [-0.39, 0.29) is 19.0 Å². The van der Waals surface area contributed by atoms with E-state index in [1.807, 2.05) is 82.6 Å². The zero-order valence-corrected chi connectivity index (χ0v) is 25.7. The summed E-state index contributed by atoms with van der Waals surface area (Å²) in [6.45, 7) is -0.281. The summed E-state index contributed by atoms with van der Waals surface area (Å²) >= 11 is 0. The fourth-order valence-electron chi connectivity index (χ4n) is 6.53. The second-order valence-corrected chi connectivity index (χ2v) is 11.3. The highest BCUT2D eigenvalue weighted by atomic mass is 19.4. The molecule has 15 heteroatoms. The number of carbonyl (C=O) groups excluding carboxylic acids is 1. The van der Waals surface area contributed by atoms with Gasteiger partial charge in [0.2, 0.25) is 5.84 Å². The number of ether oxygens (including phenoxy) is 2. The Bertz CT molecular complexity index is 1560. The van der Waals surface area contributed by atoms with Gasteiger partial charge in [-0.15, -0.1) is 10.6 Å². The third-order valence-electron chi connectivity index (χ3n) is 8.60. The summed E-state index contributed by atoms with van der Waals surface area (Å²) in [6.07, 6.45) is 2.86. The number of allylic oxidation sites excluding steroid dienone is 2. The number of hydrazine groups is 2. The first kappa shape index (κ1) is 32.4. The fourth-order valence-corrected chi connectivity index (χ4v) is 6.53. The molecule has 12 nitrogen and oxygen atoms in total. The Morgan fingerprint density at radius 3 is 2.34 bits per heavy atom. The van der Waals surface area contributed by atoms with Crippen molar-refractivity contribution in [2.24, 2.45) is 11.0 Å². The summed E-state index contributed by atoms with van der Waals surface area (Å²) in [5.74, 6) is -2.33. The summed E-state index contributed by atoms with van der Waals surface area (Å²) in [7, 11) is 3.00. The predicted molar refractivity (Wildman–Crippen MR) is 165 cm³/mol. The normalized spacial score (nSPS) is 24.4. The highest BCUT2D eigenvalue weighted by Crippen LogP contribution is 2.38. The predicted octanol–water partition coefficient (Wildman–Crippen LogP) is 1.98. The number of halogens is 3. The Labute approximate surface area is 269 Å². The molecule has 1 amide bonds. The molecule has 0 aromatic heterocycles. The molecule has 4 aliphatic rings. The lowest BCUT2D eigenvalue weighted by atomic mass is 9.86. The Balaban J connectivity index is 1.41. The van der Waals surface area contributed by atoms with E-state index in [1.165, 1.54) is 19.1 Å². The number of nitrogens with zero attached hydrogens (tertiary/aromatic N) is 5. The van der Waals surface area contributed by atoms with Crippen molar-refractivity contribution in [3.63, 3.8) is 0 Å². The molecule has 4 unspecified atom stereocenters. The number of aliphatic hydroxyl groups is 1. The molecular formula is C32H36F3N8O4+. The third kappa shape index (κ3) is 6.53. The minimum absolute atomic E-state index is 0.119. The van der Waals surface area contributed by atoms with E-state index in [4.69, 9.17) is 9.47 Å². The van der Waals surface area contributed by atoms with Gasteiger partial charge in [0.05, 0.1) is 29.7 Å². The zero-order chi connectivity index (χ0) is 33.1. The molecule has 0 bridgehead atoms. The molecule has 2 aromatic carbocycles. The van der Waals surface area contributed by atoms with Crippen LogP contribution in [0.2, 0.25) is 0 Å². The molecule has 248 valence electrons. The number of benzene rings is 2. The number of hydrogen-bond donors (Lipinski definition) is 4. The largest absolute Gasteiger partial charge is 0.452 e. The molecule has 47 heavy (non-hydrogen) atoms. The summed E-state index contributed by atoms with van der Waals surface area (Å²) in [6, 6.07) is 19.2. The van der Waals surface area contributed by atoms with Crippen molar-refractivity contribution in [2.75, 3.05) is 33.9 Å². The van der Waals surface area contributed by atoms with Crippen molar-refractivity contribution in [1.82, 2.24) is 31.2 Å². The summed E-state index contributed by atoms with van der Waals surface area (Å²) in [4.78, 5) is 15.8. The highest BCUT2D eigenvalue weighted by Gasteiger charge is 2.52. The molecule has 4 heterocycles. The molecule has 4 atom stereocenters. The van der Waals surface area contributed by atoms with Crippen LogP contribution in [0.15, 0.2) is 102 Å². The average Bonchev–Trinajstić information content (AvgIpc) is 3.59. The van der Waals surface area contributed by atoms with Gasteiger partial charge in [-0.3, -0.25) is 20.0 Å². The lowest BCUT2D eigenvalue weighted by Crippen LogP contribution is -2.68. The number of alkyl halides is 3. The Morgan fingerprint density at radius 1 is 1.06 bits per heavy atom. The van der Waals surface area contributed by atoms with Gasteiger partial charge in [-0.05, 0) is 11.1 Å². The van der Waals surface area contributed by atoms with Crippen LogP contribution in [-0.4, -0.2) is 101 Å². The molecule has 0 radical (unpaired) electrons. The van der Waals surface area contributed by atoms with Gasteiger partial charge in [-0.1, -0.05) is 60.7 Å². The van der Waals surface area contributed by atoms with Crippen molar-refractivity contribution in [3.05, 3.63) is 108 Å². The number of methoxy groups -OCH3 is 2. The van der Waals surface area contributed by atoms with E-state index in [2.05, 4.69) is 21.5 Å². The van der Waals surface area contributed by atoms with Gasteiger partial charge in [0.25, 0.3) is 5.91 Å². The van der Waals surface area contributed by atoms with Crippen LogP contribution in [0.4, 0.5) is 13.2 Å². The fraction of sp³-hybridized carbons (Fsp3) is 0.344. The lowest BCUT2D eigenvalue weighted by molar-refractivity contribution is -0.472. The van der Waals surface area contributed by atoms with Crippen molar-refractivity contribution in [1.29, 1.82) is 0 Å². The standard InChI is InChI=1S/C32H36F3N8O4/c1-46-29-24(30(47-2)36-15-25(29)43-31(32(33,34)35)37-38-39-43)18-40-16-23-17-41(27(45)20-44)13-14-42(23)26(19-40)28(21-9-5-3-6-10-21)22-11-7-4-8-12-22/h3-14,16-17,19,24-25,28-30,36,38-39,44H,15,18,20H2,1-2H3/q+1. The van der Waals surface area contributed by atoms with Gasteiger partial charge in [-0.2, -0.15) is 13.2 Å². The minimum atomic E-state index is -4.70.